The van der Waals surface area contributed by atoms with Crippen molar-refractivity contribution in [1.29, 1.82) is 0 Å². The normalized spacial score (nSPS) is 10.2. The molecule has 2 aromatic carbocycles. The molecule has 0 saturated heterocycles. The Morgan fingerprint density at radius 3 is 2.61 bits per heavy atom. The fourth-order valence-corrected chi connectivity index (χ4v) is 1.66. The Hall–Kier alpha value is -2.00. The first-order chi connectivity index (χ1) is 8.84. The van der Waals surface area contributed by atoms with E-state index >= 15 is 0 Å². The van der Waals surface area contributed by atoms with Crippen molar-refractivity contribution >= 4 is 0 Å². The Balaban J connectivity index is 1.65. The zero-order valence-corrected chi connectivity index (χ0v) is 10.2. The van der Waals surface area contributed by atoms with Crippen LogP contribution in [0.3, 0.4) is 0 Å². The number of aromatic hydroxyl groups is 1. The van der Waals surface area contributed by atoms with Crippen LogP contribution in [0.25, 0.3) is 0 Å². The summed E-state index contributed by atoms with van der Waals surface area (Å²) in [5.41, 5.74) is 1.06. The van der Waals surface area contributed by atoms with Crippen LogP contribution in [0.4, 0.5) is 0 Å². The molecule has 2 rings (SSSR count). The predicted octanol–water partition coefficient (Wildman–Crippen LogP) is 2.56. The van der Waals surface area contributed by atoms with Gasteiger partial charge in [-0.1, -0.05) is 30.3 Å². The molecule has 0 spiro atoms. The second-order valence-electron chi connectivity index (χ2n) is 4.01. The maximum Gasteiger partial charge on any atom is 0.119 e. The minimum Gasteiger partial charge on any atom is -0.508 e. The Kier molecular flexibility index (Phi) is 4.61. The molecule has 2 N–H and O–H groups in total. The molecule has 3 heteroatoms. The van der Waals surface area contributed by atoms with Crippen LogP contribution in [0, 0.1) is 0 Å². The number of benzene rings is 2. The van der Waals surface area contributed by atoms with Gasteiger partial charge in [-0.15, -0.1) is 0 Å². The molecule has 0 aliphatic carbocycles. The smallest absolute Gasteiger partial charge is 0.119 e. The molecule has 0 amide bonds. The lowest BCUT2D eigenvalue weighted by molar-refractivity contribution is 0.313. The second-order valence-corrected chi connectivity index (χ2v) is 4.01. The summed E-state index contributed by atoms with van der Waals surface area (Å²) in [7, 11) is 0. The molecule has 0 aliphatic heterocycles. The SMILES string of the molecule is Oc1cccc(CNCCOc2ccccc2)c1. The van der Waals surface area contributed by atoms with Gasteiger partial charge < -0.3 is 15.2 Å². The van der Waals surface area contributed by atoms with E-state index in [2.05, 4.69) is 5.32 Å². The van der Waals surface area contributed by atoms with Crippen molar-refractivity contribution in [2.24, 2.45) is 0 Å². The van der Waals surface area contributed by atoms with Crippen molar-refractivity contribution in [3.8, 4) is 11.5 Å². The maximum absolute atomic E-state index is 9.31. The molecule has 0 aromatic heterocycles. The third-order valence-electron chi connectivity index (χ3n) is 2.53. The summed E-state index contributed by atoms with van der Waals surface area (Å²) >= 11 is 0. The molecule has 0 fully saturated rings. The number of para-hydroxylation sites is 1. The highest BCUT2D eigenvalue weighted by Gasteiger charge is 1.95. The van der Waals surface area contributed by atoms with E-state index in [9.17, 15) is 5.11 Å². The largest absolute Gasteiger partial charge is 0.508 e. The first kappa shape index (κ1) is 12.5. The quantitative estimate of drug-likeness (QED) is 0.766. The van der Waals surface area contributed by atoms with Gasteiger partial charge in [-0.2, -0.15) is 0 Å². The van der Waals surface area contributed by atoms with Crippen molar-refractivity contribution in [1.82, 2.24) is 5.32 Å². The maximum atomic E-state index is 9.31. The van der Waals surface area contributed by atoms with Crippen LogP contribution in [0.15, 0.2) is 54.6 Å². The molecular formula is C15H17NO2. The van der Waals surface area contributed by atoms with Crippen LogP contribution in [-0.4, -0.2) is 18.3 Å². The number of nitrogens with one attached hydrogen (secondary N) is 1. The summed E-state index contributed by atoms with van der Waals surface area (Å²) in [6, 6.07) is 17.0. The highest BCUT2D eigenvalue weighted by Crippen LogP contribution is 2.10. The number of phenolic OH excluding ortho intramolecular Hbond substituents is 1. The minimum absolute atomic E-state index is 0.301. The van der Waals surface area contributed by atoms with Gasteiger partial charge in [0.25, 0.3) is 0 Å². The molecule has 0 bridgehead atoms. The average molecular weight is 243 g/mol. The Labute approximate surface area is 107 Å². The van der Waals surface area contributed by atoms with Crippen molar-refractivity contribution in [2.75, 3.05) is 13.2 Å². The first-order valence-corrected chi connectivity index (χ1v) is 6.01. The third kappa shape index (κ3) is 4.11. The van der Waals surface area contributed by atoms with Crippen LogP contribution in [0.2, 0.25) is 0 Å². The van der Waals surface area contributed by atoms with Crippen LogP contribution < -0.4 is 10.1 Å². The summed E-state index contributed by atoms with van der Waals surface area (Å²) in [6.45, 7) is 2.12. The van der Waals surface area contributed by atoms with E-state index in [0.29, 0.717) is 12.4 Å². The molecule has 3 nitrogen and oxygen atoms in total. The van der Waals surface area contributed by atoms with Crippen molar-refractivity contribution in [2.45, 2.75) is 6.54 Å². The highest BCUT2D eigenvalue weighted by atomic mass is 16.5. The predicted molar refractivity (Wildman–Crippen MR) is 71.8 cm³/mol. The van der Waals surface area contributed by atoms with Crippen molar-refractivity contribution in [3.63, 3.8) is 0 Å². The fraction of sp³-hybridized carbons (Fsp3) is 0.200. The van der Waals surface area contributed by atoms with E-state index in [4.69, 9.17) is 4.74 Å². The van der Waals surface area contributed by atoms with E-state index in [1.807, 2.05) is 42.5 Å². The standard InChI is InChI=1S/C15H17NO2/c17-14-6-4-5-13(11-14)12-16-9-10-18-15-7-2-1-3-8-15/h1-8,11,16-17H,9-10,12H2. The Bertz CT molecular complexity index is 471. The van der Waals surface area contributed by atoms with Gasteiger partial charge in [0.15, 0.2) is 0 Å². The summed E-state index contributed by atoms with van der Waals surface area (Å²) in [4.78, 5) is 0. The molecule has 0 radical (unpaired) electrons. The van der Waals surface area contributed by atoms with Gasteiger partial charge in [-0.25, -0.2) is 0 Å². The zero-order valence-electron chi connectivity index (χ0n) is 10.2. The summed E-state index contributed by atoms with van der Waals surface area (Å²) in [5.74, 6) is 1.19. The highest BCUT2D eigenvalue weighted by molar-refractivity contribution is 5.26. The second kappa shape index (κ2) is 6.67. The number of hydrogen-bond donors (Lipinski definition) is 2. The van der Waals surface area contributed by atoms with E-state index in [1.165, 1.54) is 0 Å². The van der Waals surface area contributed by atoms with Gasteiger partial charge in [0, 0.05) is 13.1 Å². The molecule has 0 aliphatic rings. The minimum atomic E-state index is 0.301. The number of phenols is 1. The van der Waals surface area contributed by atoms with Crippen LogP contribution >= 0.6 is 0 Å². The van der Waals surface area contributed by atoms with Gasteiger partial charge in [-0.3, -0.25) is 0 Å². The average Bonchev–Trinajstić information content (AvgIpc) is 2.40. The van der Waals surface area contributed by atoms with Gasteiger partial charge in [0.2, 0.25) is 0 Å². The molecular weight excluding hydrogens is 226 g/mol. The van der Waals surface area contributed by atoms with Crippen LogP contribution in [0.1, 0.15) is 5.56 Å². The van der Waals surface area contributed by atoms with Gasteiger partial charge in [-0.05, 0) is 29.8 Å². The number of ether oxygens (including phenoxy) is 1. The lowest BCUT2D eigenvalue weighted by atomic mass is 10.2. The van der Waals surface area contributed by atoms with Crippen molar-refractivity contribution < 1.29 is 9.84 Å². The number of rotatable bonds is 6. The van der Waals surface area contributed by atoms with Crippen LogP contribution in [-0.2, 0) is 6.54 Å². The molecule has 0 saturated carbocycles. The lowest BCUT2D eigenvalue weighted by Crippen LogP contribution is -2.20. The van der Waals surface area contributed by atoms with Crippen molar-refractivity contribution in [3.05, 3.63) is 60.2 Å². The molecule has 0 unspecified atom stereocenters. The molecule has 94 valence electrons. The number of hydrogen-bond acceptors (Lipinski definition) is 3. The van der Waals surface area contributed by atoms with Crippen LogP contribution in [0.5, 0.6) is 11.5 Å². The van der Waals surface area contributed by atoms with E-state index in [-0.39, 0.29) is 0 Å². The third-order valence-corrected chi connectivity index (χ3v) is 2.53. The first-order valence-electron chi connectivity index (χ1n) is 6.01. The molecule has 0 heterocycles. The molecule has 0 atom stereocenters. The van der Waals surface area contributed by atoms with E-state index in [0.717, 1.165) is 24.4 Å². The van der Waals surface area contributed by atoms with Gasteiger partial charge in [0.1, 0.15) is 18.1 Å². The summed E-state index contributed by atoms with van der Waals surface area (Å²) < 4.78 is 5.56. The fourth-order valence-electron chi connectivity index (χ4n) is 1.66. The monoisotopic (exact) mass is 243 g/mol. The molecule has 18 heavy (non-hydrogen) atoms. The topological polar surface area (TPSA) is 41.5 Å². The van der Waals surface area contributed by atoms with Gasteiger partial charge >= 0.3 is 0 Å². The Morgan fingerprint density at radius 1 is 1.00 bits per heavy atom. The van der Waals surface area contributed by atoms with Gasteiger partial charge in [0.05, 0.1) is 0 Å². The van der Waals surface area contributed by atoms with E-state index < -0.39 is 0 Å². The molecule has 2 aromatic rings. The summed E-state index contributed by atoms with van der Waals surface area (Å²) in [6.07, 6.45) is 0. The van der Waals surface area contributed by atoms with E-state index in [1.54, 1.807) is 12.1 Å². The Morgan fingerprint density at radius 2 is 1.83 bits per heavy atom. The lowest BCUT2D eigenvalue weighted by Gasteiger charge is -2.07. The zero-order chi connectivity index (χ0) is 12.6. The summed E-state index contributed by atoms with van der Waals surface area (Å²) in [5, 5.41) is 12.6.